The number of benzene rings is 2. The van der Waals surface area contributed by atoms with E-state index in [0.717, 1.165) is 10.0 Å². The SMILES string of the molecule is O=C(CCc1ccccc1Br)Nc1ccc(F)cc1Cl. The van der Waals surface area contributed by atoms with Crippen LogP contribution in [0, 0.1) is 5.82 Å². The average Bonchev–Trinajstić information content (AvgIpc) is 2.41. The number of halogens is 3. The van der Waals surface area contributed by atoms with Gasteiger partial charge in [-0.25, -0.2) is 4.39 Å². The van der Waals surface area contributed by atoms with Gasteiger partial charge in [0.15, 0.2) is 0 Å². The van der Waals surface area contributed by atoms with Gasteiger partial charge in [0.2, 0.25) is 5.91 Å². The minimum atomic E-state index is -0.429. The Morgan fingerprint density at radius 3 is 2.70 bits per heavy atom. The number of anilines is 1. The van der Waals surface area contributed by atoms with Crippen molar-refractivity contribution in [2.24, 2.45) is 0 Å². The van der Waals surface area contributed by atoms with Crippen molar-refractivity contribution >= 4 is 39.1 Å². The van der Waals surface area contributed by atoms with E-state index in [9.17, 15) is 9.18 Å². The molecule has 0 heterocycles. The van der Waals surface area contributed by atoms with Crippen LogP contribution >= 0.6 is 27.5 Å². The smallest absolute Gasteiger partial charge is 0.224 e. The van der Waals surface area contributed by atoms with Gasteiger partial charge in [-0.3, -0.25) is 4.79 Å². The van der Waals surface area contributed by atoms with E-state index in [1.54, 1.807) is 0 Å². The number of rotatable bonds is 4. The van der Waals surface area contributed by atoms with Gasteiger partial charge >= 0.3 is 0 Å². The van der Waals surface area contributed by atoms with Crippen LogP contribution in [-0.2, 0) is 11.2 Å². The number of hydrogen-bond donors (Lipinski definition) is 1. The molecule has 2 aromatic carbocycles. The summed E-state index contributed by atoms with van der Waals surface area (Å²) in [6.07, 6.45) is 0.947. The molecule has 0 saturated carbocycles. The van der Waals surface area contributed by atoms with Crippen molar-refractivity contribution in [2.75, 3.05) is 5.32 Å². The molecule has 0 bridgehead atoms. The van der Waals surface area contributed by atoms with E-state index in [1.165, 1.54) is 18.2 Å². The maximum absolute atomic E-state index is 12.9. The predicted octanol–water partition coefficient (Wildman–Crippen LogP) is 4.81. The fraction of sp³-hybridized carbons (Fsp3) is 0.133. The molecule has 104 valence electrons. The second-order valence-corrected chi connectivity index (χ2v) is 5.53. The largest absolute Gasteiger partial charge is 0.325 e. The highest BCUT2D eigenvalue weighted by Gasteiger charge is 2.08. The van der Waals surface area contributed by atoms with Gasteiger partial charge in [-0.05, 0) is 36.2 Å². The molecule has 1 amide bonds. The lowest BCUT2D eigenvalue weighted by molar-refractivity contribution is -0.116. The molecule has 0 aliphatic rings. The van der Waals surface area contributed by atoms with Gasteiger partial charge < -0.3 is 5.32 Å². The van der Waals surface area contributed by atoms with Crippen molar-refractivity contribution in [3.05, 3.63) is 63.3 Å². The third kappa shape index (κ3) is 4.05. The van der Waals surface area contributed by atoms with Crippen LogP contribution in [0.3, 0.4) is 0 Å². The quantitative estimate of drug-likeness (QED) is 0.836. The molecular weight excluding hydrogens is 345 g/mol. The normalized spacial score (nSPS) is 10.3. The van der Waals surface area contributed by atoms with Gasteiger partial charge in [-0.15, -0.1) is 0 Å². The Morgan fingerprint density at radius 1 is 1.25 bits per heavy atom. The first-order valence-corrected chi connectivity index (χ1v) is 7.21. The summed E-state index contributed by atoms with van der Waals surface area (Å²) in [5.74, 6) is -0.588. The van der Waals surface area contributed by atoms with E-state index < -0.39 is 5.82 Å². The van der Waals surface area contributed by atoms with Crippen LogP contribution in [0.5, 0.6) is 0 Å². The van der Waals surface area contributed by atoms with Crippen LogP contribution in [0.2, 0.25) is 5.02 Å². The average molecular weight is 357 g/mol. The number of nitrogens with one attached hydrogen (secondary N) is 1. The fourth-order valence-electron chi connectivity index (χ4n) is 1.75. The first-order valence-electron chi connectivity index (χ1n) is 6.04. The Labute approximate surface area is 130 Å². The summed E-state index contributed by atoms with van der Waals surface area (Å²) in [7, 11) is 0. The van der Waals surface area contributed by atoms with E-state index in [-0.39, 0.29) is 10.9 Å². The lowest BCUT2D eigenvalue weighted by atomic mass is 10.1. The first kappa shape index (κ1) is 15.0. The lowest BCUT2D eigenvalue weighted by Crippen LogP contribution is -2.12. The lowest BCUT2D eigenvalue weighted by Gasteiger charge is -2.08. The Balaban J connectivity index is 1.94. The molecule has 0 atom stereocenters. The maximum atomic E-state index is 12.9. The first-order chi connectivity index (χ1) is 9.56. The minimum Gasteiger partial charge on any atom is -0.325 e. The third-order valence-electron chi connectivity index (χ3n) is 2.78. The molecule has 2 rings (SSSR count). The molecule has 2 nitrogen and oxygen atoms in total. The molecule has 0 aliphatic heterocycles. The standard InChI is InChI=1S/C15H12BrClFNO/c16-12-4-2-1-3-10(12)5-8-15(20)19-14-7-6-11(18)9-13(14)17/h1-4,6-7,9H,5,8H2,(H,19,20). The molecule has 0 saturated heterocycles. The molecular formula is C15H12BrClFNO. The molecule has 1 N–H and O–H groups in total. The number of carbonyl (C=O) groups excluding carboxylic acids is 1. The van der Waals surface area contributed by atoms with Crippen molar-refractivity contribution in [3.8, 4) is 0 Å². The summed E-state index contributed by atoms with van der Waals surface area (Å²) >= 11 is 9.29. The summed E-state index contributed by atoms with van der Waals surface area (Å²) in [5.41, 5.74) is 1.48. The maximum Gasteiger partial charge on any atom is 0.224 e. The van der Waals surface area contributed by atoms with Crippen LogP contribution in [0.4, 0.5) is 10.1 Å². The zero-order valence-corrected chi connectivity index (χ0v) is 12.8. The topological polar surface area (TPSA) is 29.1 Å². The monoisotopic (exact) mass is 355 g/mol. The molecule has 0 radical (unpaired) electrons. The van der Waals surface area contributed by atoms with Gasteiger partial charge in [0.05, 0.1) is 10.7 Å². The molecule has 2 aromatic rings. The molecule has 0 aromatic heterocycles. The van der Waals surface area contributed by atoms with Crippen molar-refractivity contribution in [1.29, 1.82) is 0 Å². The molecule has 0 spiro atoms. The van der Waals surface area contributed by atoms with Gasteiger partial charge in [-0.1, -0.05) is 45.7 Å². The van der Waals surface area contributed by atoms with Crippen LogP contribution in [0.1, 0.15) is 12.0 Å². The van der Waals surface area contributed by atoms with E-state index in [0.29, 0.717) is 18.5 Å². The van der Waals surface area contributed by atoms with E-state index >= 15 is 0 Å². The molecule has 0 fully saturated rings. The summed E-state index contributed by atoms with van der Waals surface area (Å²) in [6, 6.07) is 11.6. The second-order valence-electron chi connectivity index (χ2n) is 4.26. The van der Waals surface area contributed by atoms with Crippen molar-refractivity contribution in [1.82, 2.24) is 0 Å². The summed E-state index contributed by atoms with van der Waals surface area (Å²) in [5, 5.41) is 2.87. The number of amides is 1. The summed E-state index contributed by atoms with van der Waals surface area (Å²) in [6.45, 7) is 0. The van der Waals surface area contributed by atoms with E-state index in [4.69, 9.17) is 11.6 Å². The number of carbonyl (C=O) groups is 1. The van der Waals surface area contributed by atoms with Gasteiger partial charge in [0.25, 0.3) is 0 Å². The third-order valence-corrected chi connectivity index (χ3v) is 3.87. The highest BCUT2D eigenvalue weighted by molar-refractivity contribution is 9.10. The van der Waals surface area contributed by atoms with E-state index in [2.05, 4.69) is 21.2 Å². The minimum absolute atomic E-state index is 0.158. The Morgan fingerprint density at radius 2 is 2.00 bits per heavy atom. The van der Waals surface area contributed by atoms with Crippen molar-refractivity contribution in [3.63, 3.8) is 0 Å². The number of hydrogen-bond acceptors (Lipinski definition) is 1. The molecule has 0 unspecified atom stereocenters. The molecule has 20 heavy (non-hydrogen) atoms. The van der Waals surface area contributed by atoms with Crippen molar-refractivity contribution in [2.45, 2.75) is 12.8 Å². The Kier molecular flexibility index (Phi) is 5.15. The zero-order valence-electron chi connectivity index (χ0n) is 10.5. The number of aryl methyl sites for hydroxylation is 1. The van der Waals surface area contributed by atoms with Crippen molar-refractivity contribution < 1.29 is 9.18 Å². The van der Waals surface area contributed by atoms with Crippen LogP contribution < -0.4 is 5.32 Å². The van der Waals surface area contributed by atoms with Crippen LogP contribution in [-0.4, -0.2) is 5.91 Å². The molecule has 0 aliphatic carbocycles. The summed E-state index contributed by atoms with van der Waals surface area (Å²) < 4.78 is 13.9. The fourth-order valence-corrected chi connectivity index (χ4v) is 2.45. The second kappa shape index (κ2) is 6.86. The highest BCUT2D eigenvalue weighted by Crippen LogP contribution is 2.23. The Hall–Kier alpha value is -1.39. The van der Waals surface area contributed by atoms with Gasteiger partial charge in [-0.2, -0.15) is 0 Å². The summed E-state index contributed by atoms with van der Waals surface area (Å²) in [4.78, 5) is 11.9. The van der Waals surface area contributed by atoms with E-state index in [1.807, 2.05) is 24.3 Å². The van der Waals surface area contributed by atoms with Crippen LogP contribution in [0.25, 0.3) is 0 Å². The zero-order chi connectivity index (χ0) is 14.5. The van der Waals surface area contributed by atoms with Crippen LogP contribution in [0.15, 0.2) is 46.9 Å². The van der Waals surface area contributed by atoms with Gasteiger partial charge in [0.1, 0.15) is 5.82 Å². The van der Waals surface area contributed by atoms with Gasteiger partial charge in [0, 0.05) is 10.9 Å². The highest BCUT2D eigenvalue weighted by atomic mass is 79.9. The molecule has 5 heteroatoms. The predicted molar refractivity (Wildman–Crippen MR) is 82.5 cm³/mol. The Bertz CT molecular complexity index is 633.